The van der Waals surface area contributed by atoms with Crippen molar-refractivity contribution in [2.75, 3.05) is 24.7 Å². The molecule has 0 aliphatic carbocycles. The highest BCUT2D eigenvalue weighted by molar-refractivity contribution is 5.94. The molecule has 0 unspecified atom stereocenters. The van der Waals surface area contributed by atoms with E-state index in [2.05, 4.69) is 0 Å². The molecule has 4 aromatic carbocycles. The number of hydrogen-bond donors (Lipinski definition) is 2. The van der Waals surface area contributed by atoms with E-state index in [1.54, 1.807) is 25.1 Å². The molecule has 6 nitrogen and oxygen atoms in total. The van der Waals surface area contributed by atoms with Crippen molar-refractivity contribution in [3.8, 4) is 28.4 Å². The maximum atomic E-state index is 12.6. The summed E-state index contributed by atoms with van der Waals surface area (Å²) in [5.74, 6) is 1.63. The highest BCUT2D eigenvalue weighted by Crippen LogP contribution is 2.24. The smallest absolute Gasteiger partial charge is 0.339 e. The lowest BCUT2D eigenvalue weighted by Crippen LogP contribution is -2.09. The van der Waals surface area contributed by atoms with Crippen LogP contribution in [0, 0.1) is 0 Å². The Balaban J connectivity index is 1.23. The third-order valence-corrected chi connectivity index (χ3v) is 5.60. The highest BCUT2D eigenvalue weighted by Gasteiger charge is 2.08. The molecular formula is C31H30N2O4. The average molecular weight is 495 g/mol. The minimum absolute atomic E-state index is 0.401. The van der Waals surface area contributed by atoms with E-state index in [0.29, 0.717) is 30.2 Å². The lowest BCUT2D eigenvalue weighted by Gasteiger charge is -2.09. The number of esters is 1. The van der Waals surface area contributed by atoms with Crippen molar-refractivity contribution >= 4 is 23.4 Å². The molecular weight excluding hydrogens is 464 g/mol. The zero-order valence-corrected chi connectivity index (χ0v) is 20.7. The van der Waals surface area contributed by atoms with Gasteiger partial charge in [-0.1, -0.05) is 36.4 Å². The predicted molar refractivity (Wildman–Crippen MR) is 148 cm³/mol. The Morgan fingerprint density at radius 1 is 0.649 bits per heavy atom. The Kier molecular flexibility index (Phi) is 8.45. The molecule has 0 aliphatic rings. The standard InChI is InChI=1S/C31H30N2O4/c1-22(31(34)37-30-15-7-25(8-16-30)24-5-9-26(32)10-6-24)21-23-3-13-28(14-4-23)35-19-2-20-36-29-17-11-27(33)12-18-29/h3-18,21H,2,19-20,32-33H2,1H3/b22-21+. The van der Waals surface area contributed by atoms with Gasteiger partial charge in [-0.05, 0) is 90.4 Å². The average Bonchev–Trinajstić information content (AvgIpc) is 2.91. The maximum absolute atomic E-state index is 12.6. The second-order valence-corrected chi connectivity index (χ2v) is 8.55. The first kappa shape index (κ1) is 25.4. The van der Waals surface area contributed by atoms with Crippen LogP contribution >= 0.6 is 0 Å². The number of hydrogen-bond acceptors (Lipinski definition) is 6. The summed E-state index contributed by atoms with van der Waals surface area (Å²) in [4.78, 5) is 12.6. The Hall–Kier alpha value is -4.71. The van der Waals surface area contributed by atoms with Crippen LogP contribution in [0.25, 0.3) is 17.2 Å². The van der Waals surface area contributed by atoms with Crippen LogP contribution in [-0.2, 0) is 4.79 Å². The molecule has 188 valence electrons. The van der Waals surface area contributed by atoms with Gasteiger partial charge in [0.05, 0.1) is 13.2 Å². The SMILES string of the molecule is C/C(=C\c1ccc(OCCCOc2ccc(N)cc2)cc1)C(=O)Oc1ccc(-c2ccc(N)cc2)cc1. The van der Waals surface area contributed by atoms with Gasteiger partial charge < -0.3 is 25.7 Å². The fourth-order valence-corrected chi connectivity index (χ4v) is 3.55. The number of rotatable bonds is 10. The van der Waals surface area contributed by atoms with Gasteiger partial charge in [0, 0.05) is 23.4 Å². The van der Waals surface area contributed by atoms with Crippen LogP contribution in [-0.4, -0.2) is 19.2 Å². The van der Waals surface area contributed by atoms with E-state index < -0.39 is 5.97 Å². The number of nitrogen functional groups attached to an aromatic ring is 2. The van der Waals surface area contributed by atoms with Crippen LogP contribution in [0.15, 0.2) is 103 Å². The van der Waals surface area contributed by atoms with Gasteiger partial charge in [0.1, 0.15) is 17.2 Å². The number of anilines is 2. The first-order chi connectivity index (χ1) is 18.0. The summed E-state index contributed by atoms with van der Waals surface area (Å²) in [5.41, 5.74) is 16.3. The first-order valence-corrected chi connectivity index (χ1v) is 12.0. The molecule has 4 N–H and O–H groups in total. The Bertz CT molecular complexity index is 1330. The lowest BCUT2D eigenvalue weighted by atomic mass is 10.1. The van der Waals surface area contributed by atoms with Gasteiger partial charge in [0.2, 0.25) is 0 Å². The zero-order valence-electron chi connectivity index (χ0n) is 20.7. The molecule has 0 fully saturated rings. The molecule has 0 atom stereocenters. The normalized spacial score (nSPS) is 11.1. The van der Waals surface area contributed by atoms with Gasteiger partial charge in [0.15, 0.2) is 0 Å². The third-order valence-electron chi connectivity index (χ3n) is 5.60. The van der Waals surface area contributed by atoms with Crippen molar-refractivity contribution in [1.29, 1.82) is 0 Å². The zero-order chi connectivity index (χ0) is 26.0. The van der Waals surface area contributed by atoms with Gasteiger partial charge in [-0.25, -0.2) is 4.79 Å². The van der Waals surface area contributed by atoms with Crippen molar-refractivity contribution in [3.63, 3.8) is 0 Å². The van der Waals surface area contributed by atoms with Crippen molar-refractivity contribution in [1.82, 2.24) is 0 Å². The van der Waals surface area contributed by atoms with E-state index in [0.717, 1.165) is 40.3 Å². The summed E-state index contributed by atoms with van der Waals surface area (Å²) in [6, 6.07) is 29.9. The molecule has 0 saturated heterocycles. The molecule has 0 aliphatic heterocycles. The number of ether oxygens (including phenoxy) is 3. The number of carbonyl (C=O) groups is 1. The molecule has 6 heteroatoms. The lowest BCUT2D eigenvalue weighted by molar-refractivity contribution is -0.130. The van der Waals surface area contributed by atoms with Crippen LogP contribution < -0.4 is 25.7 Å². The molecule has 0 bridgehead atoms. The van der Waals surface area contributed by atoms with Gasteiger partial charge in [-0.3, -0.25) is 0 Å². The Morgan fingerprint density at radius 3 is 1.62 bits per heavy atom. The Morgan fingerprint density at radius 2 is 1.08 bits per heavy atom. The summed E-state index contributed by atoms with van der Waals surface area (Å²) in [5, 5.41) is 0. The number of nitrogens with two attached hydrogens (primary N) is 2. The molecule has 4 rings (SSSR count). The molecule has 0 saturated carbocycles. The monoisotopic (exact) mass is 494 g/mol. The minimum atomic E-state index is -0.401. The molecule has 0 spiro atoms. The fourth-order valence-electron chi connectivity index (χ4n) is 3.55. The molecule has 0 aromatic heterocycles. The van der Waals surface area contributed by atoms with E-state index in [9.17, 15) is 4.79 Å². The van der Waals surface area contributed by atoms with Gasteiger partial charge in [-0.15, -0.1) is 0 Å². The molecule has 37 heavy (non-hydrogen) atoms. The van der Waals surface area contributed by atoms with Crippen LogP contribution in [0.3, 0.4) is 0 Å². The van der Waals surface area contributed by atoms with Crippen molar-refractivity contribution in [2.24, 2.45) is 0 Å². The fraction of sp³-hybridized carbons (Fsp3) is 0.129. The summed E-state index contributed by atoms with van der Waals surface area (Å²) < 4.78 is 17.0. The van der Waals surface area contributed by atoms with E-state index >= 15 is 0 Å². The van der Waals surface area contributed by atoms with Crippen molar-refractivity contribution in [2.45, 2.75) is 13.3 Å². The minimum Gasteiger partial charge on any atom is -0.493 e. The van der Waals surface area contributed by atoms with E-state index in [4.69, 9.17) is 25.7 Å². The highest BCUT2D eigenvalue weighted by atomic mass is 16.5. The van der Waals surface area contributed by atoms with Crippen LogP contribution in [0.5, 0.6) is 17.2 Å². The van der Waals surface area contributed by atoms with Crippen LogP contribution in [0.4, 0.5) is 11.4 Å². The van der Waals surface area contributed by atoms with Gasteiger partial charge >= 0.3 is 5.97 Å². The van der Waals surface area contributed by atoms with Crippen molar-refractivity contribution in [3.05, 3.63) is 108 Å². The van der Waals surface area contributed by atoms with Crippen LogP contribution in [0.1, 0.15) is 18.9 Å². The molecule has 4 aromatic rings. The van der Waals surface area contributed by atoms with Gasteiger partial charge in [-0.2, -0.15) is 0 Å². The Labute approximate surface area is 217 Å². The van der Waals surface area contributed by atoms with Gasteiger partial charge in [0.25, 0.3) is 0 Å². The van der Waals surface area contributed by atoms with E-state index in [1.165, 1.54) is 0 Å². The topological polar surface area (TPSA) is 96.8 Å². The summed E-state index contributed by atoms with van der Waals surface area (Å²) >= 11 is 0. The summed E-state index contributed by atoms with van der Waals surface area (Å²) in [6.45, 7) is 2.82. The molecule has 0 heterocycles. The van der Waals surface area contributed by atoms with E-state index in [1.807, 2.05) is 84.9 Å². The number of benzene rings is 4. The quantitative estimate of drug-likeness (QED) is 0.0874. The molecule has 0 amide bonds. The van der Waals surface area contributed by atoms with Crippen LogP contribution in [0.2, 0.25) is 0 Å². The van der Waals surface area contributed by atoms with E-state index in [-0.39, 0.29) is 0 Å². The van der Waals surface area contributed by atoms with Crippen molar-refractivity contribution < 1.29 is 19.0 Å². The first-order valence-electron chi connectivity index (χ1n) is 12.0. The number of carbonyl (C=O) groups excluding carboxylic acids is 1. The largest absolute Gasteiger partial charge is 0.493 e. The predicted octanol–water partition coefficient (Wildman–Crippen LogP) is 6.37. The maximum Gasteiger partial charge on any atom is 0.339 e. The second-order valence-electron chi connectivity index (χ2n) is 8.55. The molecule has 0 radical (unpaired) electrons. The summed E-state index contributed by atoms with van der Waals surface area (Å²) in [6.07, 6.45) is 2.53. The third kappa shape index (κ3) is 7.64. The summed E-state index contributed by atoms with van der Waals surface area (Å²) in [7, 11) is 0. The second kappa shape index (κ2) is 12.3.